The van der Waals surface area contributed by atoms with E-state index < -0.39 is 0 Å². The minimum absolute atomic E-state index is 0.701. The van der Waals surface area contributed by atoms with Crippen LogP contribution in [-0.4, -0.2) is 17.7 Å². The molecule has 0 atom stereocenters. The lowest BCUT2D eigenvalue weighted by molar-refractivity contribution is 0.668. The molecule has 0 spiro atoms. The highest BCUT2D eigenvalue weighted by molar-refractivity contribution is 5.84. The lowest BCUT2D eigenvalue weighted by atomic mass is 10.1. The summed E-state index contributed by atoms with van der Waals surface area (Å²) in [5, 5.41) is 1.36. The van der Waals surface area contributed by atoms with Crippen LogP contribution in [0.5, 0.6) is 0 Å². The minimum atomic E-state index is 0.701. The lowest BCUT2D eigenvalue weighted by Gasteiger charge is -2.04. The van der Waals surface area contributed by atoms with Crippen LogP contribution in [0.25, 0.3) is 10.9 Å². The molecule has 3 nitrogen and oxygen atoms in total. The Morgan fingerprint density at radius 1 is 1.17 bits per heavy atom. The molecular formula is C15H23N3. The molecule has 98 valence electrons. The molecule has 0 unspecified atom stereocenters. The maximum absolute atomic E-state index is 5.70. The van der Waals surface area contributed by atoms with Gasteiger partial charge in [-0.1, -0.05) is 13.0 Å². The van der Waals surface area contributed by atoms with Gasteiger partial charge in [0, 0.05) is 23.6 Å². The van der Waals surface area contributed by atoms with Crippen molar-refractivity contribution in [2.24, 2.45) is 11.5 Å². The molecule has 0 radical (unpaired) electrons. The minimum Gasteiger partial charge on any atom is -0.347 e. The summed E-state index contributed by atoms with van der Waals surface area (Å²) >= 11 is 0. The van der Waals surface area contributed by atoms with Gasteiger partial charge in [-0.05, 0) is 55.6 Å². The van der Waals surface area contributed by atoms with E-state index in [4.69, 9.17) is 11.5 Å². The molecule has 1 aromatic heterocycles. The Kier molecular flexibility index (Phi) is 4.39. The number of hydrogen-bond donors (Lipinski definition) is 2. The summed E-state index contributed by atoms with van der Waals surface area (Å²) in [6, 6.07) is 6.75. The van der Waals surface area contributed by atoms with Crippen molar-refractivity contribution in [2.75, 3.05) is 13.1 Å². The Morgan fingerprint density at radius 3 is 2.67 bits per heavy atom. The van der Waals surface area contributed by atoms with Crippen molar-refractivity contribution in [1.82, 2.24) is 4.57 Å². The number of aromatic nitrogens is 1. The molecule has 0 aliphatic rings. The lowest BCUT2D eigenvalue weighted by Crippen LogP contribution is -2.05. The summed E-state index contributed by atoms with van der Waals surface area (Å²) in [5.41, 5.74) is 15.4. The third kappa shape index (κ3) is 2.57. The van der Waals surface area contributed by atoms with Crippen molar-refractivity contribution in [3.63, 3.8) is 0 Å². The second kappa shape index (κ2) is 6.03. The molecule has 0 amide bonds. The molecule has 0 bridgehead atoms. The summed E-state index contributed by atoms with van der Waals surface area (Å²) in [4.78, 5) is 0. The van der Waals surface area contributed by atoms with Crippen molar-refractivity contribution in [1.29, 1.82) is 0 Å². The van der Waals surface area contributed by atoms with Crippen molar-refractivity contribution < 1.29 is 0 Å². The molecule has 3 heteroatoms. The highest BCUT2D eigenvalue weighted by Crippen LogP contribution is 2.24. The fraction of sp³-hybridized carbons (Fsp3) is 0.467. The Labute approximate surface area is 109 Å². The molecule has 18 heavy (non-hydrogen) atoms. The number of nitrogens with zero attached hydrogens (tertiary/aromatic N) is 1. The van der Waals surface area contributed by atoms with Crippen LogP contribution in [0.15, 0.2) is 24.4 Å². The zero-order chi connectivity index (χ0) is 13.0. The summed E-state index contributed by atoms with van der Waals surface area (Å²) in [6.45, 7) is 4.61. The first-order valence-electron chi connectivity index (χ1n) is 6.81. The van der Waals surface area contributed by atoms with Crippen LogP contribution < -0.4 is 11.5 Å². The maximum Gasteiger partial charge on any atom is 0.0483 e. The first kappa shape index (κ1) is 13.1. The highest BCUT2D eigenvalue weighted by atomic mass is 15.0. The van der Waals surface area contributed by atoms with Crippen molar-refractivity contribution in [2.45, 2.75) is 32.7 Å². The van der Waals surface area contributed by atoms with Gasteiger partial charge in [0.05, 0.1) is 0 Å². The van der Waals surface area contributed by atoms with Crippen LogP contribution in [0.4, 0.5) is 0 Å². The standard InChI is InChI=1S/C15H23N3/c1-2-12-4-5-15-14(10-12)13(6-8-17)11-18(15)9-3-7-16/h4-5,10-11H,2-3,6-9,16-17H2,1H3. The summed E-state index contributed by atoms with van der Waals surface area (Å²) < 4.78 is 2.31. The van der Waals surface area contributed by atoms with Gasteiger partial charge in [0.1, 0.15) is 0 Å². The van der Waals surface area contributed by atoms with E-state index in [1.807, 2.05) is 0 Å². The predicted octanol–water partition coefficient (Wildman–Crippen LogP) is 2.05. The van der Waals surface area contributed by atoms with E-state index in [0.29, 0.717) is 6.54 Å². The molecule has 2 rings (SSSR count). The van der Waals surface area contributed by atoms with Gasteiger partial charge in [0.2, 0.25) is 0 Å². The van der Waals surface area contributed by atoms with E-state index in [1.165, 1.54) is 22.0 Å². The highest BCUT2D eigenvalue weighted by Gasteiger charge is 2.08. The zero-order valence-corrected chi connectivity index (χ0v) is 11.2. The molecule has 0 aliphatic carbocycles. The molecule has 4 N–H and O–H groups in total. The monoisotopic (exact) mass is 245 g/mol. The maximum atomic E-state index is 5.70. The fourth-order valence-corrected chi connectivity index (χ4v) is 2.44. The molecule has 0 saturated heterocycles. The second-order valence-corrected chi connectivity index (χ2v) is 4.73. The van der Waals surface area contributed by atoms with Crippen LogP contribution in [-0.2, 0) is 19.4 Å². The normalized spacial score (nSPS) is 11.3. The van der Waals surface area contributed by atoms with E-state index in [0.717, 1.165) is 32.4 Å². The number of fused-ring (bicyclic) bond motifs is 1. The van der Waals surface area contributed by atoms with Gasteiger partial charge in [-0.2, -0.15) is 0 Å². The first-order valence-corrected chi connectivity index (χ1v) is 6.81. The van der Waals surface area contributed by atoms with Gasteiger partial charge in [-0.15, -0.1) is 0 Å². The van der Waals surface area contributed by atoms with E-state index in [1.54, 1.807) is 0 Å². The van der Waals surface area contributed by atoms with E-state index in [9.17, 15) is 0 Å². The average molecular weight is 245 g/mol. The van der Waals surface area contributed by atoms with E-state index >= 15 is 0 Å². The summed E-state index contributed by atoms with van der Waals surface area (Å²) in [6.07, 6.45) is 5.28. The Bertz CT molecular complexity index is 514. The third-order valence-corrected chi connectivity index (χ3v) is 3.45. The van der Waals surface area contributed by atoms with Gasteiger partial charge in [-0.3, -0.25) is 0 Å². The van der Waals surface area contributed by atoms with Crippen LogP contribution in [0.1, 0.15) is 24.5 Å². The molecule has 0 fully saturated rings. The molecule has 0 aliphatic heterocycles. The first-order chi connectivity index (χ1) is 8.80. The molecule has 1 aromatic carbocycles. The quantitative estimate of drug-likeness (QED) is 0.818. The number of nitrogens with two attached hydrogens (primary N) is 2. The molecular weight excluding hydrogens is 222 g/mol. The molecule has 0 saturated carbocycles. The van der Waals surface area contributed by atoms with Gasteiger partial charge < -0.3 is 16.0 Å². The van der Waals surface area contributed by atoms with Crippen LogP contribution >= 0.6 is 0 Å². The van der Waals surface area contributed by atoms with Crippen LogP contribution in [0, 0.1) is 0 Å². The van der Waals surface area contributed by atoms with Gasteiger partial charge in [0.25, 0.3) is 0 Å². The summed E-state index contributed by atoms with van der Waals surface area (Å²) in [7, 11) is 0. The zero-order valence-electron chi connectivity index (χ0n) is 11.2. The van der Waals surface area contributed by atoms with Gasteiger partial charge >= 0.3 is 0 Å². The Balaban J connectivity index is 2.45. The Hall–Kier alpha value is -1.32. The SMILES string of the molecule is CCc1ccc2c(c1)c(CCN)cn2CCCN. The van der Waals surface area contributed by atoms with E-state index in [2.05, 4.69) is 35.9 Å². The topological polar surface area (TPSA) is 57.0 Å². The largest absolute Gasteiger partial charge is 0.347 e. The van der Waals surface area contributed by atoms with Gasteiger partial charge in [-0.25, -0.2) is 0 Å². The van der Waals surface area contributed by atoms with Gasteiger partial charge in [0.15, 0.2) is 0 Å². The fourth-order valence-electron chi connectivity index (χ4n) is 2.44. The van der Waals surface area contributed by atoms with Crippen molar-refractivity contribution >= 4 is 10.9 Å². The van der Waals surface area contributed by atoms with Crippen LogP contribution in [0.2, 0.25) is 0 Å². The average Bonchev–Trinajstić information content (AvgIpc) is 2.74. The smallest absolute Gasteiger partial charge is 0.0483 e. The van der Waals surface area contributed by atoms with Crippen molar-refractivity contribution in [3.05, 3.63) is 35.5 Å². The van der Waals surface area contributed by atoms with E-state index in [-0.39, 0.29) is 0 Å². The third-order valence-electron chi connectivity index (χ3n) is 3.45. The number of rotatable bonds is 6. The number of aryl methyl sites for hydroxylation is 2. The number of hydrogen-bond acceptors (Lipinski definition) is 2. The predicted molar refractivity (Wildman–Crippen MR) is 77.7 cm³/mol. The number of benzene rings is 1. The Morgan fingerprint density at radius 2 is 2.00 bits per heavy atom. The molecule has 1 heterocycles. The molecule has 2 aromatic rings. The van der Waals surface area contributed by atoms with Crippen LogP contribution in [0.3, 0.4) is 0 Å². The van der Waals surface area contributed by atoms with Crippen molar-refractivity contribution in [3.8, 4) is 0 Å². The summed E-state index contributed by atoms with van der Waals surface area (Å²) in [5.74, 6) is 0. The second-order valence-electron chi connectivity index (χ2n) is 4.73.